The zero-order valence-corrected chi connectivity index (χ0v) is 8.44. The van der Waals surface area contributed by atoms with E-state index in [-0.39, 0.29) is 12.0 Å². The average Bonchev–Trinajstić information content (AvgIpc) is 2.68. The average molecular weight is 233 g/mol. The molecule has 1 nitrogen and oxygen atoms in total. The van der Waals surface area contributed by atoms with Gasteiger partial charge in [0, 0.05) is 0 Å². The highest BCUT2D eigenvalue weighted by molar-refractivity contribution is 5.28. The minimum Gasteiger partial charge on any atom is -0.300 e. The van der Waals surface area contributed by atoms with Crippen molar-refractivity contribution in [1.82, 2.24) is 5.32 Å². The third-order valence-electron chi connectivity index (χ3n) is 2.98. The molecule has 1 fully saturated rings. The Labute approximate surface area is 90.5 Å². The van der Waals surface area contributed by atoms with E-state index in [1.807, 2.05) is 0 Å². The molecule has 1 aliphatic heterocycles. The van der Waals surface area contributed by atoms with Crippen molar-refractivity contribution in [3.05, 3.63) is 35.6 Å². The molecule has 1 aromatic carbocycles. The smallest absolute Gasteiger partial charge is 0.300 e. The summed E-state index contributed by atoms with van der Waals surface area (Å²) in [4.78, 5) is 0. The summed E-state index contributed by atoms with van der Waals surface area (Å²) in [7, 11) is 0. The monoisotopic (exact) mass is 233 g/mol. The Morgan fingerprint density at radius 2 is 1.75 bits per heavy atom. The van der Waals surface area contributed by atoms with E-state index in [4.69, 9.17) is 0 Å². The quantitative estimate of drug-likeness (QED) is 0.735. The molecule has 0 amide bonds. The Balaban J connectivity index is 2.44. The molecule has 0 radical (unpaired) electrons. The number of nitrogens with one attached hydrogen (secondary N) is 1. The van der Waals surface area contributed by atoms with Crippen molar-refractivity contribution in [1.29, 1.82) is 0 Å². The molecular weight excluding hydrogens is 222 g/mol. The normalized spacial score (nSPS) is 26.0. The van der Waals surface area contributed by atoms with Crippen LogP contribution in [0.2, 0.25) is 0 Å². The lowest BCUT2D eigenvalue weighted by Crippen LogP contribution is -2.49. The Kier molecular flexibility index (Phi) is 2.66. The summed E-state index contributed by atoms with van der Waals surface area (Å²) in [5.74, 6) is -0.529. The summed E-state index contributed by atoms with van der Waals surface area (Å²) >= 11 is 0. The molecule has 1 atom stereocenters. The lowest BCUT2D eigenvalue weighted by molar-refractivity contribution is -0.196. The standard InChI is InChI=1S/C11H11F4N/c12-9-4-2-8(3-5-9)10(11(13,14)15)6-1-7-16-10/h2-5,16H,1,6-7H2. The lowest BCUT2D eigenvalue weighted by Gasteiger charge is -2.32. The molecule has 0 aliphatic carbocycles. The lowest BCUT2D eigenvalue weighted by atomic mass is 9.87. The topological polar surface area (TPSA) is 12.0 Å². The summed E-state index contributed by atoms with van der Waals surface area (Å²) in [6, 6.07) is 4.51. The van der Waals surface area contributed by atoms with E-state index in [0.29, 0.717) is 13.0 Å². The van der Waals surface area contributed by atoms with Gasteiger partial charge in [-0.25, -0.2) is 4.39 Å². The van der Waals surface area contributed by atoms with E-state index in [1.165, 1.54) is 12.1 Å². The van der Waals surface area contributed by atoms with Gasteiger partial charge in [0.25, 0.3) is 0 Å². The van der Waals surface area contributed by atoms with Crippen LogP contribution >= 0.6 is 0 Å². The van der Waals surface area contributed by atoms with Gasteiger partial charge in [-0.15, -0.1) is 0 Å². The van der Waals surface area contributed by atoms with Crippen molar-refractivity contribution in [2.24, 2.45) is 0 Å². The molecule has 1 saturated heterocycles. The van der Waals surface area contributed by atoms with Gasteiger partial charge in [0.2, 0.25) is 0 Å². The van der Waals surface area contributed by atoms with Crippen LogP contribution in [0.5, 0.6) is 0 Å². The van der Waals surface area contributed by atoms with Crippen LogP contribution in [0.4, 0.5) is 17.6 Å². The van der Waals surface area contributed by atoms with Crippen molar-refractivity contribution in [3.63, 3.8) is 0 Å². The SMILES string of the molecule is Fc1ccc(C2(C(F)(F)F)CCCN2)cc1. The predicted octanol–water partition coefficient (Wildman–Crippen LogP) is 2.97. The maximum Gasteiger partial charge on any atom is 0.410 e. The van der Waals surface area contributed by atoms with Crippen molar-refractivity contribution in [2.45, 2.75) is 24.6 Å². The van der Waals surface area contributed by atoms with E-state index in [2.05, 4.69) is 5.32 Å². The van der Waals surface area contributed by atoms with Crippen molar-refractivity contribution in [2.75, 3.05) is 6.54 Å². The molecular formula is C11H11F4N. The second-order valence-electron chi connectivity index (χ2n) is 3.94. The van der Waals surface area contributed by atoms with Crippen molar-refractivity contribution >= 4 is 0 Å². The van der Waals surface area contributed by atoms with Crippen LogP contribution in [0.3, 0.4) is 0 Å². The molecule has 88 valence electrons. The van der Waals surface area contributed by atoms with Crippen LogP contribution in [0, 0.1) is 5.82 Å². The minimum atomic E-state index is -4.36. The number of rotatable bonds is 1. The molecule has 16 heavy (non-hydrogen) atoms. The van der Waals surface area contributed by atoms with Crippen molar-refractivity contribution in [3.8, 4) is 0 Å². The van der Waals surface area contributed by atoms with Gasteiger partial charge < -0.3 is 0 Å². The molecule has 0 spiro atoms. The Hall–Kier alpha value is -1.10. The van der Waals surface area contributed by atoms with Gasteiger partial charge in [0.15, 0.2) is 0 Å². The summed E-state index contributed by atoms with van der Waals surface area (Å²) in [6.45, 7) is 0.330. The van der Waals surface area contributed by atoms with Crippen LogP contribution < -0.4 is 5.32 Å². The highest BCUT2D eigenvalue weighted by Gasteiger charge is 2.57. The van der Waals surface area contributed by atoms with Crippen LogP contribution in [0.25, 0.3) is 0 Å². The third kappa shape index (κ3) is 1.69. The van der Waals surface area contributed by atoms with Crippen molar-refractivity contribution < 1.29 is 17.6 Å². The Morgan fingerprint density at radius 3 is 2.19 bits per heavy atom. The summed E-state index contributed by atoms with van der Waals surface area (Å²) < 4.78 is 51.8. The van der Waals surface area contributed by atoms with Gasteiger partial charge in [0.1, 0.15) is 11.4 Å². The maximum absolute atomic E-state index is 13.0. The van der Waals surface area contributed by atoms with Gasteiger partial charge in [0.05, 0.1) is 0 Å². The highest BCUT2D eigenvalue weighted by atomic mass is 19.4. The number of hydrogen-bond donors (Lipinski definition) is 1. The molecule has 5 heteroatoms. The predicted molar refractivity (Wildman–Crippen MR) is 51.4 cm³/mol. The molecule has 1 aliphatic rings. The Bertz CT molecular complexity index is 363. The fourth-order valence-electron chi connectivity index (χ4n) is 2.13. The molecule has 1 N–H and O–H groups in total. The van der Waals surface area contributed by atoms with E-state index in [0.717, 1.165) is 12.1 Å². The zero-order valence-electron chi connectivity index (χ0n) is 8.44. The largest absolute Gasteiger partial charge is 0.410 e. The van der Waals surface area contributed by atoms with Crippen LogP contribution in [0.15, 0.2) is 24.3 Å². The molecule has 0 saturated carbocycles. The molecule has 0 aromatic heterocycles. The van der Waals surface area contributed by atoms with Gasteiger partial charge >= 0.3 is 6.18 Å². The number of benzene rings is 1. The number of hydrogen-bond acceptors (Lipinski definition) is 1. The first-order valence-corrected chi connectivity index (χ1v) is 5.03. The first kappa shape index (κ1) is 11.4. The van der Waals surface area contributed by atoms with E-state index < -0.39 is 17.5 Å². The second kappa shape index (κ2) is 3.73. The van der Waals surface area contributed by atoms with E-state index in [9.17, 15) is 17.6 Å². The maximum atomic E-state index is 13.0. The second-order valence-corrected chi connectivity index (χ2v) is 3.94. The van der Waals surface area contributed by atoms with Crippen LogP contribution in [-0.2, 0) is 5.54 Å². The number of alkyl halides is 3. The summed E-state index contributed by atoms with van der Waals surface area (Å²) in [5, 5.41) is 2.50. The third-order valence-corrected chi connectivity index (χ3v) is 2.98. The van der Waals surface area contributed by atoms with Gasteiger partial charge in [-0.3, -0.25) is 5.32 Å². The first-order chi connectivity index (χ1) is 7.46. The summed E-state index contributed by atoms with van der Waals surface area (Å²) in [5.41, 5.74) is -1.92. The molecule has 1 aromatic rings. The molecule has 0 bridgehead atoms. The molecule has 1 unspecified atom stereocenters. The fraction of sp³-hybridized carbons (Fsp3) is 0.455. The van der Waals surface area contributed by atoms with Crippen LogP contribution in [-0.4, -0.2) is 12.7 Å². The number of halogens is 4. The fourth-order valence-corrected chi connectivity index (χ4v) is 2.13. The Morgan fingerprint density at radius 1 is 1.12 bits per heavy atom. The van der Waals surface area contributed by atoms with Gasteiger partial charge in [-0.1, -0.05) is 12.1 Å². The van der Waals surface area contributed by atoms with Crippen LogP contribution in [0.1, 0.15) is 18.4 Å². The van der Waals surface area contributed by atoms with E-state index in [1.54, 1.807) is 0 Å². The first-order valence-electron chi connectivity index (χ1n) is 5.03. The summed E-state index contributed by atoms with van der Waals surface area (Å²) in [6.07, 6.45) is -3.89. The molecule has 1 heterocycles. The van der Waals surface area contributed by atoms with Gasteiger partial charge in [-0.05, 0) is 37.1 Å². The molecule has 2 rings (SSSR count). The van der Waals surface area contributed by atoms with Gasteiger partial charge in [-0.2, -0.15) is 13.2 Å². The highest BCUT2D eigenvalue weighted by Crippen LogP contribution is 2.44. The zero-order chi connectivity index (χ0) is 11.8. The minimum absolute atomic E-state index is 0.00212. The van der Waals surface area contributed by atoms with E-state index >= 15 is 0 Å².